The average molecular weight is 226 g/mol. The summed E-state index contributed by atoms with van der Waals surface area (Å²) >= 11 is 0. The fourth-order valence-electron chi connectivity index (χ4n) is 2.36. The van der Waals surface area contributed by atoms with Gasteiger partial charge in [0.05, 0.1) is 25.2 Å². The Hall–Kier alpha value is 0.390. The molecule has 0 bridgehead atoms. The molecule has 15 heavy (non-hydrogen) atoms. The third-order valence-electron chi connectivity index (χ3n) is 2.96. The summed E-state index contributed by atoms with van der Waals surface area (Å²) in [6.45, 7) is 3.72. The summed E-state index contributed by atoms with van der Waals surface area (Å²) in [7, 11) is 1.32. The van der Waals surface area contributed by atoms with Crippen molar-refractivity contribution in [3.63, 3.8) is 0 Å². The topological polar surface area (TPSA) is 66.8 Å². The zero-order valence-electron chi connectivity index (χ0n) is 8.86. The third kappa shape index (κ3) is 3.43. The van der Waals surface area contributed by atoms with Crippen molar-refractivity contribution in [1.82, 2.24) is 0 Å². The summed E-state index contributed by atoms with van der Waals surface area (Å²) in [6.07, 6.45) is -0.561. The summed E-state index contributed by atoms with van der Waals surface area (Å²) in [4.78, 5) is 11.4. The quantitative estimate of drug-likeness (QED) is 0.474. The Balaban J connectivity index is 0.00000196. The first kappa shape index (κ1) is 15.4. The van der Waals surface area contributed by atoms with Gasteiger partial charge in [0.15, 0.2) is 0 Å². The average Bonchev–Trinajstić information content (AvgIpc) is 1.99. The summed E-state index contributed by atoms with van der Waals surface area (Å²) in [5.41, 5.74) is -0.413. The predicted molar refractivity (Wildman–Crippen MR) is 57.7 cm³/mol. The first-order chi connectivity index (χ1) is 6.38. The molecule has 0 amide bonds. The van der Waals surface area contributed by atoms with Gasteiger partial charge in [-0.15, -0.1) is 0 Å². The molecule has 0 spiro atoms. The van der Waals surface area contributed by atoms with Gasteiger partial charge < -0.3 is 14.9 Å². The van der Waals surface area contributed by atoms with Crippen LogP contribution in [0.1, 0.15) is 26.7 Å². The number of aliphatic hydroxyl groups excluding tert-OH is 2. The van der Waals surface area contributed by atoms with E-state index in [0.717, 1.165) is 0 Å². The van der Waals surface area contributed by atoms with Crippen molar-refractivity contribution in [2.75, 3.05) is 7.11 Å². The fraction of sp³-hybridized carbons (Fsp3) is 0.900. The number of methoxy groups -OCH3 is 1. The summed E-state index contributed by atoms with van der Waals surface area (Å²) in [6, 6.07) is 0. The number of rotatable bonds is 1. The van der Waals surface area contributed by atoms with Gasteiger partial charge in [0, 0.05) is 6.42 Å². The van der Waals surface area contributed by atoms with E-state index >= 15 is 0 Å². The minimum absolute atomic E-state index is 0. The molecule has 0 saturated heterocycles. The Bertz CT molecular complexity index is 229. The molecule has 84 valence electrons. The molecular formula is C10H19NaO4. The van der Waals surface area contributed by atoms with Crippen molar-refractivity contribution in [2.24, 2.45) is 11.3 Å². The van der Waals surface area contributed by atoms with Crippen LogP contribution in [0.25, 0.3) is 0 Å². The Kier molecular flexibility index (Phi) is 5.79. The van der Waals surface area contributed by atoms with Crippen LogP contribution < -0.4 is 0 Å². The van der Waals surface area contributed by atoms with Crippen LogP contribution in [-0.4, -0.2) is 65.1 Å². The van der Waals surface area contributed by atoms with Gasteiger partial charge in [-0.25, -0.2) is 0 Å². The monoisotopic (exact) mass is 226 g/mol. The van der Waals surface area contributed by atoms with Crippen molar-refractivity contribution in [3.8, 4) is 0 Å². The molecule has 0 aromatic heterocycles. The standard InChI is InChI=1S/C10H18O4.Na.H/c1-10(2)5-6(11)4-7(12)8(10)9(13)14-3;;/h6-8,11-12H,4-5H2,1-3H3;;. The molecule has 3 atom stereocenters. The SMILES string of the molecule is COC(=O)C1C(O)CC(O)CC1(C)C.[NaH]. The molecule has 4 nitrogen and oxygen atoms in total. The molecule has 1 fully saturated rings. The van der Waals surface area contributed by atoms with Gasteiger partial charge in [-0.2, -0.15) is 0 Å². The Labute approximate surface area is 112 Å². The van der Waals surface area contributed by atoms with Crippen molar-refractivity contribution < 1.29 is 19.7 Å². The van der Waals surface area contributed by atoms with Crippen LogP contribution in [-0.2, 0) is 9.53 Å². The van der Waals surface area contributed by atoms with E-state index in [4.69, 9.17) is 0 Å². The normalized spacial score (nSPS) is 34.1. The van der Waals surface area contributed by atoms with E-state index in [2.05, 4.69) is 4.74 Å². The van der Waals surface area contributed by atoms with Crippen LogP contribution in [0.5, 0.6) is 0 Å². The summed E-state index contributed by atoms with van der Waals surface area (Å²) < 4.78 is 4.65. The summed E-state index contributed by atoms with van der Waals surface area (Å²) in [5, 5.41) is 19.2. The third-order valence-corrected chi connectivity index (χ3v) is 2.96. The molecule has 1 aliphatic carbocycles. The number of carbonyl (C=O) groups excluding carboxylic acids is 1. The van der Waals surface area contributed by atoms with E-state index in [1.807, 2.05) is 13.8 Å². The van der Waals surface area contributed by atoms with Gasteiger partial charge in [-0.05, 0) is 11.8 Å². The summed E-state index contributed by atoms with van der Waals surface area (Å²) in [5.74, 6) is -0.926. The maximum atomic E-state index is 11.4. The van der Waals surface area contributed by atoms with Crippen LogP contribution in [0.15, 0.2) is 0 Å². The number of hydrogen-bond acceptors (Lipinski definition) is 4. The fourth-order valence-corrected chi connectivity index (χ4v) is 2.36. The van der Waals surface area contributed by atoms with Crippen molar-refractivity contribution in [3.05, 3.63) is 0 Å². The second kappa shape index (κ2) is 5.64. The van der Waals surface area contributed by atoms with E-state index in [0.29, 0.717) is 6.42 Å². The number of aliphatic hydroxyl groups is 2. The number of esters is 1. The van der Waals surface area contributed by atoms with Crippen LogP contribution in [0.2, 0.25) is 0 Å². The predicted octanol–water partition coefficient (Wildman–Crippen LogP) is -0.331. The number of ether oxygens (including phenoxy) is 1. The molecule has 0 radical (unpaired) electrons. The van der Waals surface area contributed by atoms with Crippen LogP contribution in [0.3, 0.4) is 0 Å². The van der Waals surface area contributed by atoms with Gasteiger partial charge in [0.1, 0.15) is 0 Å². The Morgan fingerprint density at radius 1 is 1.40 bits per heavy atom. The van der Waals surface area contributed by atoms with E-state index < -0.39 is 29.5 Å². The van der Waals surface area contributed by atoms with Crippen molar-refractivity contribution in [2.45, 2.75) is 38.9 Å². The molecule has 2 N–H and O–H groups in total. The van der Waals surface area contributed by atoms with E-state index in [1.54, 1.807) is 0 Å². The molecule has 3 unspecified atom stereocenters. The van der Waals surface area contributed by atoms with Crippen LogP contribution >= 0.6 is 0 Å². The Morgan fingerprint density at radius 3 is 2.33 bits per heavy atom. The zero-order valence-corrected chi connectivity index (χ0v) is 8.86. The second-order valence-electron chi connectivity index (χ2n) is 4.65. The zero-order chi connectivity index (χ0) is 10.9. The van der Waals surface area contributed by atoms with Gasteiger partial charge in [0.25, 0.3) is 0 Å². The number of carbonyl (C=O) groups is 1. The molecule has 0 aliphatic heterocycles. The van der Waals surface area contributed by atoms with Crippen LogP contribution in [0, 0.1) is 11.3 Å². The van der Waals surface area contributed by atoms with Gasteiger partial charge in [-0.3, -0.25) is 4.79 Å². The van der Waals surface area contributed by atoms with Crippen molar-refractivity contribution >= 4 is 35.5 Å². The van der Waals surface area contributed by atoms with Gasteiger partial charge in [0.2, 0.25) is 0 Å². The second-order valence-corrected chi connectivity index (χ2v) is 4.65. The van der Waals surface area contributed by atoms with Crippen LogP contribution in [0.4, 0.5) is 0 Å². The van der Waals surface area contributed by atoms with E-state index in [-0.39, 0.29) is 36.0 Å². The van der Waals surface area contributed by atoms with Gasteiger partial charge >= 0.3 is 35.5 Å². The Morgan fingerprint density at radius 2 is 1.93 bits per heavy atom. The minimum atomic E-state index is -0.804. The molecular weight excluding hydrogens is 207 g/mol. The molecule has 5 heteroatoms. The number of hydrogen-bond donors (Lipinski definition) is 2. The maximum absolute atomic E-state index is 11.4. The molecule has 0 aromatic carbocycles. The molecule has 1 saturated carbocycles. The molecule has 0 heterocycles. The van der Waals surface area contributed by atoms with E-state index in [1.165, 1.54) is 7.11 Å². The first-order valence-electron chi connectivity index (χ1n) is 4.82. The van der Waals surface area contributed by atoms with E-state index in [9.17, 15) is 15.0 Å². The van der Waals surface area contributed by atoms with Crippen molar-refractivity contribution in [1.29, 1.82) is 0 Å². The first-order valence-corrected chi connectivity index (χ1v) is 4.82. The molecule has 1 rings (SSSR count). The molecule has 1 aliphatic rings. The van der Waals surface area contributed by atoms with Gasteiger partial charge in [-0.1, -0.05) is 13.8 Å². The molecule has 0 aromatic rings.